The molecule has 1 aliphatic rings. The molecule has 0 aromatic rings. The molecule has 0 aliphatic carbocycles. The monoisotopic (exact) mass is 824 g/mol. The molecule has 10 heteroatoms. The molecule has 58 heavy (non-hydrogen) atoms. The van der Waals surface area contributed by atoms with Crippen molar-refractivity contribution in [3.05, 3.63) is 36.5 Å². The standard InChI is InChI=1S/C48H89NO9/c1-3-5-7-9-11-13-15-17-18-19-20-21-22-23-25-27-29-31-33-35-37-42(52)47(56)49-40(39-57-48-46(55)45(54)44(53)43(38-50)58-48)41(51)36-34-32-30-28-26-24-16-14-12-10-8-6-4-2/h5,7,11,13,34,36,40-46,48,50-55H,3-4,6,8-10,12,14-33,35,37-39H2,1-2H3,(H,49,56)/b7-5-,13-11-,36-34+. The minimum Gasteiger partial charge on any atom is -0.394 e. The van der Waals surface area contributed by atoms with Crippen molar-refractivity contribution in [1.29, 1.82) is 0 Å². The smallest absolute Gasteiger partial charge is 0.249 e. The molecular formula is C48H89NO9. The molecular weight excluding hydrogens is 735 g/mol. The Labute approximate surface area is 354 Å². The van der Waals surface area contributed by atoms with Crippen LogP contribution in [0.3, 0.4) is 0 Å². The molecule has 0 radical (unpaired) electrons. The van der Waals surface area contributed by atoms with Crippen LogP contribution in [-0.4, -0.2) is 98.7 Å². The maximum atomic E-state index is 13.0. The van der Waals surface area contributed by atoms with Gasteiger partial charge in [0, 0.05) is 0 Å². The van der Waals surface area contributed by atoms with Gasteiger partial charge >= 0.3 is 0 Å². The second kappa shape index (κ2) is 38.3. The van der Waals surface area contributed by atoms with Crippen molar-refractivity contribution in [2.75, 3.05) is 13.2 Å². The fourth-order valence-corrected chi connectivity index (χ4v) is 7.44. The van der Waals surface area contributed by atoms with E-state index >= 15 is 0 Å². The number of aliphatic hydroxyl groups is 6. The van der Waals surface area contributed by atoms with Gasteiger partial charge in [0.1, 0.15) is 30.5 Å². The van der Waals surface area contributed by atoms with Crippen LogP contribution >= 0.6 is 0 Å². The molecule has 1 fully saturated rings. The summed E-state index contributed by atoms with van der Waals surface area (Å²) in [5.41, 5.74) is 0. The van der Waals surface area contributed by atoms with E-state index in [0.717, 1.165) is 51.4 Å². The van der Waals surface area contributed by atoms with E-state index in [4.69, 9.17) is 9.47 Å². The molecule has 0 spiro atoms. The number of ether oxygens (including phenoxy) is 2. The van der Waals surface area contributed by atoms with Crippen molar-refractivity contribution in [2.45, 2.75) is 249 Å². The number of allylic oxidation sites excluding steroid dienone is 5. The normalized spacial score (nSPS) is 21.7. The average Bonchev–Trinajstić information content (AvgIpc) is 3.22. The van der Waals surface area contributed by atoms with Crippen molar-refractivity contribution in [3.8, 4) is 0 Å². The Hall–Kier alpha value is -1.63. The highest BCUT2D eigenvalue weighted by molar-refractivity contribution is 5.80. The van der Waals surface area contributed by atoms with E-state index in [2.05, 4.69) is 43.5 Å². The number of aliphatic hydroxyl groups excluding tert-OH is 6. The minimum absolute atomic E-state index is 0.305. The minimum atomic E-state index is -1.61. The second-order valence-electron chi connectivity index (χ2n) is 16.7. The van der Waals surface area contributed by atoms with Gasteiger partial charge in [-0.05, 0) is 44.9 Å². The van der Waals surface area contributed by atoms with Gasteiger partial charge < -0.3 is 45.4 Å². The van der Waals surface area contributed by atoms with Gasteiger partial charge in [0.25, 0.3) is 0 Å². The lowest BCUT2D eigenvalue weighted by atomic mass is 9.99. The Bertz CT molecular complexity index is 1020. The van der Waals surface area contributed by atoms with Gasteiger partial charge in [-0.2, -0.15) is 0 Å². The maximum absolute atomic E-state index is 13.0. The predicted molar refractivity (Wildman–Crippen MR) is 236 cm³/mol. The third-order valence-corrected chi connectivity index (χ3v) is 11.3. The predicted octanol–water partition coefficient (Wildman–Crippen LogP) is 9.03. The molecule has 1 amide bonds. The molecule has 1 heterocycles. The fraction of sp³-hybridized carbons (Fsp3) is 0.854. The first-order valence-electron chi connectivity index (χ1n) is 23.8. The first-order chi connectivity index (χ1) is 28.3. The highest BCUT2D eigenvalue weighted by Crippen LogP contribution is 2.23. The zero-order valence-corrected chi connectivity index (χ0v) is 36.9. The van der Waals surface area contributed by atoms with Gasteiger partial charge in [0.2, 0.25) is 5.91 Å². The summed E-state index contributed by atoms with van der Waals surface area (Å²) in [6, 6.07) is -0.978. The number of carbonyl (C=O) groups excluding carboxylic acids is 1. The summed E-state index contributed by atoms with van der Waals surface area (Å²) in [6.45, 7) is 3.50. The highest BCUT2D eigenvalue weighted by Gasteiger charge is 2.44. The average molecular weight is 824 g/mol. The SMILES string of the molecule is CC/C=C\C/C=C\CCCCCCCCCCCCCCCC(O)C(=O)NC(COC1OC(CO)C(O)C(O)C1O)C(O)/C=C/CCCCCCCCCCCCC. The summed E-state index contributed by atoms with van der Waals surface area (Å²) in [5.74, 6) is -0.618. The Morgan fingerprint density at radius 2 is 1.10 bits per heavy atom. The summed E-state index contributed by atoms with van der Waals surface area (Å²) in [5, 5.41) is 64.7. The molecule has 0 aromatic carbocycles. The van der Waals surface area contributed by atoms with Gasteiger partial charge in [-0.1, -0.05) is 192 Å². The van der Waals surface area contributed by atoms with E-state index in [9.17, 15) is 35.4 Å². The van der Waals surface area contributed by atoms with E-state index in [1.54, 1.807) is 6.08 Å². The molecule has 340 valence electrons. The van der Waals surface area contributed by atoms with E-state index in [1.165, 1.54) is 122 Å². The summed E-state index contributed by atoms with van der Waals surface area (Å²) < 4.78 is 11.1. The van der Waals surface area contributed by atoms with Crippen LogP contribution < -0.4 is 5.32 Å². The van der Waals surface area contributed by atoms with Crippen LogP contribution in [0.1, 0.15) is 200 Å². The van der Waals surface area contributed by atoms with Crippen molar-refractivity contribution in [3.63, 3.8) is 0 Å². The van der Waals surface area contributed by atoms with Crippen molar-refractivity contribution >= 4 is 5.91 Å². The van der Waals surface area contributed by atoms with Gasteiger partial charge in [0.15, 0.2) is 6.29 Å². The van der Waals surface area contributed by atoms with E-state index in [-0.39, 0.29) is 6.61 Å². The second-order valence-corrected chi connectivity index (χ2v) is 16.7. The molecule has 8 unspecified atom stereocenters. The number of nitrogens with one attached hydrogen (secondary N) is 1. The summed E-state index contributed by atoms with van der Waals surface area (Å²) in [6.07, 6.45) is 36.6. The van der Waals surface area contributed by atoms with Crippen LogP contribution in [0.15, 0.2) is 36.5 Å². The van der Waals surface area contributed by atoms with Crippen LogP contribution in [0, 0.1) is 0 Å². The molecule has 10 nitrogen and oxygen atoms in total. The third kappa shape index (κ3) is 28.0. The Morgan fingerprint density at radius 3 is 1.62 bits per heavy atom. The number of hydrogen-bond donors (Lipinski definition) is 7. The zero-order valence-electron chi connectivity index (χ0n) is 36.9. The van der Waals surface area contributed by atoms with Gasteiger partial charge in [-0.15, -0.1) is 0 Å². The number of hydrogen-bond acceptors (Lipinski definition) is 9. The van der Waals surface area contributed by atoms with Crippen molar-refractivity contribution < 1.29 is 44.9 Å². The Morgan fingerprint density at radius 1 is 0.621 bits per heavy atom. The molecule has 0 aromatic heterocycles. The first-order valence-corrected chi connectivity index (χ1v) is 23.8. The summed E-state index contributed by atoms with van der Waals surface area (Å²) in [7, 11) is 0. The van der Waals surface area contributed by atoms with E-state index in [1.807, 2.05) is 6.08 Å². The first kappa shape index (κ1) is 54.4. The molecule has 7 N–H and O–H groups in total. The molecule has 1 saturated heterocycles. The lowest BCUT2D eigenvalue weighted by Crippen LogP contribution is -2.60. The molecule has 0 saturated carbocycles. The van der Waals surface area contributed by atoms with Crippen LogP contribution in [-0.2, 0) is 14.3 Å². The van der Waals surface area contributed by atoms with Crippen LogP contribution in [0.5, 0.6) is 0 Å². The summed E-state index contributed by atoms with van der Waals surface area (Å²) in [4.78, 5) is 13.0. The van der Waals surface area contributed by atoms with E-state index in [0.29, 0.717) is 12.8 Å². The van der Waals surface area contributed by atoms with Crippen molar-refractivity contribution in [1.82, 2.24) is 5.32 Å². The number of carbonyl (C=O) groups is 1. The van der Waals surface area contributed by atoms with Crippen LogP contribution in [0.2, 0.25) is 0 Å². The van der Waals surface area contributed by atoms with Crippen LogP contribution in [0.25, 0.3) is 0 Å². The molecule has 1 aliphatic heterocycles. The molecule has 1 rings (SSSR count). The largest absolute Gasteiger partial charge is 0.394 e. The van der Waals surface area contributed by atoms with Gasteiger partial charge in [-0.25, -0.2) is 0 Å². The third-order valence-electron chi connectivity index (χ3n) is 11.3. The van der Waals surface area contributed by atoms with E-state index < -0.39 is 61.5 Å². The lowest BCUT2D eigenvalue weighted by Gasteiger charge is -2.40. The quantitative estimate of drug-likeness (QED) is 0.0236. The highest BCUT2D eigenvalue weighted by atomic mass is 16.7. The van der Waals surface area contributed by atoms with Crippen LogP contribution in [0.4, 0.5) is 0 Å². The Kier molecular flexibility index (Phi) is 35.9. The lowest BCUT2D eigenvalue weighted by molar-refractivity contribution is -0.302. The summed E-state index contributed by atoms with van der Waals surface area (Å²) >= 11 is 0. The molecule has 8 atom stereocenters. The fourth-order valence-electron chi connectivity index (χ4n) is 7.44. The molecule has 0 bridgehead atoms. The van der Waals surface area contributed by atoms with Gasteiger partial charge in [0.05, 0.1) is 25.4 Å². The zero-order chi connectivity index (χ0) is 42.5. The maximum Gasteiger partial charge on any atom is 0.249 e. The number of amides is 1. The Balaban J connectivity index is 2.36. The number of unbranched alkanes of at least 4 members (excludes halogenated alkanes) is 24. The number of rotatable bonds is 39. The van der Waals surface area contributed by atoms with Gasteiger partial charge in [-0.3, -0.25) is 4.79 Å². The van der Waals surface area contributed by atoms with Crippen molar-refractivity contribution in [2.24, 2.45) is 0 Å². The topological polar surface area (TPSA) is 169 Å².